The van der Waals surface area contributed by atoms with Gasteiger partial charge in [0.15, 0.2) is 17.5 Å². The van der Waals surface area contributed by atoms with Crippen LogP contribution in [-0.4, -0.2) is 31.5 Å². The molecule has 156 valence electrons. The van der Waals surface area contributed by atoms with Gasteiger partial charge in [0.25, 0.3) is 0 Å². The van der Waals surface area contributed by atoms with Crippen molar-refractivity contribution < 1.29 is 27.5 Å². The summed E-state index contributed by atoms with van der Waals surface area (Å²) in [5.74, 6) is -5.13. The molecule has 9 heteroatoms. The lowest BCUT2D eigenvalue weighted by Crippen LogP contribution is -2.45. The van der Waals surface area contributed by atoms with Crippen molar-refractivity contribution in [2.24, 2.45) is 0 Å². The molecule has 0 radical (unpaired) electrons. The van der Waals surface area contributed by atoms with E-state index in [0.29, 0.717) is 11.8 Å². The van der Waals surface area contributed by atoms with Crippen molar-refractivity contribution in [3.63, 3.8) is 0 Å². The van der Waals surface area contributed by atoms with E-state index < -0.39 is 47.5 Å². The maximum absolute atomic E-state index is 13.6. The number of methoxy groups -OCH3 is 1. The van der Waals surface area contributed by atoms with E-state index in [9.17, 15) is 22.8 Å². The molecule has 2 aromatic rings. The van der Waals surface area contributed by atoms with Gasteiger partial charge in [0.2, 0.25) is 11.8 Å². The first-order valence-corrected chi connectivity index (χ1v) is 8.84. The Kier molecular flexibility index (Phi) is 7.60. The zero-order valence-electron chi connectivity index (χ0n) is 16.2. The Bertz CT molecular complexity index is 893. The van der Waals surface area contributed by atoms with Gasteiger partial charge in [-0.25, -0.2) is 13.2 Å². The van der Waals surface area contributed by atoms with Crippen LogP contribution in [0.3, 0.4) is 0 Å². The fourth-order valence-electron chi connectivity index (χ4n) is 2.70. The third-order valence-electron chi connectivity index (χ3n) is 4.23. The molecule has 0 aliphatic heterocycles. The van der Waals surface area contributed by atoms with Crippen molar-refractivity contribution in [2.75, 3.05) is 19.0 Å². The minimum atomic E-state index is -1.69. The second kappa shape index (κ2) is 9.92. The molecule has 0 aliphatic carbocycles. The van der Waals surface area contributed by atoms with Crippen LogP contribution in [0.5, 0.6) is 5.75 Å². The summed E-state index contributed by atoms with van der Waals surface area (Å²) in [6.07, 6.45) is 0. The summed E-state index contributed by atoms with van der Waals surface area (Å²) in [7, 11) is 1.55. The molecule has 0 aliphatic rings. The van der Waals surface area contributed by atoms with Crippen LogP contribution in [0.1, 0.15) is 25.5 Å². The van der Waals surface area contributed by atoms with Crippen LogP contribution in [0.2, 0.25) is 0 Å². The summed E-state index contributed by atoms with van der Waals surface area (Å²) in [6.45, 7) is 3.01. The number of carbonyl (C=O) groups is 2. The second-order valence-electron chi connectivity index (χ2n) is 6.34. The van der Waals surface area contributed by atoms with Crippen LogP contribution in [-0.2, 0) is 9.59 Å². The first kappa shape index (κ1) is 22.2. The third kappa shape index (κ3) is 5.71. The highest BCUT2D eigenvalue weighted by molar-refractivity contribution is 5.95. The first-order valence-electron chi connectivity index (χ1n) is 8.84. The third-order valence-corrected chi connectivity index (χ3v) is 4.23. The maximum atomic E-state index is 13.6. The molecule has 0 unspecified atom stereocenters. The SMILES string of the molecule is COc1ccccc1[C@H](C)N[C@@H](C)C(=O)NCC(=O)Nc1ccc(F)c(F)c1F. The summed E-state index contributed by atoms with van der Waals surface area (Å²) in [6, 6.07) is 8.08. The van der Waals surface area contributed by atoms with E-state index in [1.54, 1.807) is 20.1 Å². The predicted octanol–water partition coefficient (Wildman–Crippen LogP) is 2.91. The second-order valence-corrected chi connectivity index (χ2v) is 6.34. The van der Waals surface area contributed by atoms with E-state index in [4.69, 9.17) is 4.74 Å². The molecule has 2 amide bonds. The number of halogens is 3. The van der Waals surface area contributed by atoms with Crippen LogP contribution in [0.4, 0.5) is 18.9 Å². The Morgan fingerprint density at radius 3 is 2.41 bits per heavy atom. The molecule has 29 heavy (non-hydrogen) atoms. The Morgan fingerprint density at radius 2 is 1.72 bits per heavy atom. The number of hydrogen-bond acceptors (Lipinski definition) is 4. The molecule has 0 bridgehead atoms. The van der Waals surface area contributed by atoms with Gasteiger partial charge in [0, 0.05) is 11.6 Å². The van der Waals surface area contributed by atoms with Crippen LogP contribution in [0.15, 0.2) is 36.4 Å². The fraction of sp³-hybridized carbons (Fsp3) is 0.300. The number of nitrogens with one attached hydrogen (secondary N) is 3. The van der Waals surface area contributed by atoms with Gasteiger partial charge in [-0.2, -0.15) is 0 Å². The van der Waals surface area contributed by atoms with Gasteiger partial charge in [-0.1, -0.05) is 18.2 Å². The number of rotatable bonds is 8. The van der Waals surface area contributed by atoms with E-state index in [1.807, 2.05) is 25.1 Å². The first-order chi connectivity index (χ1) is 13.7. The highest BCUT2D eigenvalue weighted by Crippen LogP contribution is 2.24. The van der Waals surface area contributed by atoms with Crippen LogP contribution in [0, 0.1) is 17.5 Å². The van der Waals surface area contributed by atoms with Crippen molar-refractivity contribution in [3.05, 3.63) is 59.4 Å². The summed E-state index contributed by atoms with van der Waals surface area (Å²) in [5.41, 5.74) is 0.348. The largest absolute Gasteiger partial charge is 0.496 e. The lowest BCUT2D eigenvalue weighted by molar-refractivity contribution is -0.125. The highest BCUT2D eigenvalue weighted by atomic mass is 19.2. The summed E-state index contributed by atoms with van der Waals surface area (Å²) >= 11 is 0. The Hall–Kier alpha value is -3.07. The van der Waals surface area contributed by atoms with E-state index in [1.165, 1.54) is 0 Å². The number of para-hydroxylation sites is 1. The van der Waals surface area contributed by atoms with E-state index in [0.717, 1.165) is 11.6 Å². The molecule has 3 N–H and O–H groups in total. The minimum absolute atomic E-state index is 0.211. The number of anilines is 1. The minimum Gasteiger partial charge on any atom is -0.496 e. The smallest absolute Gasteiger partial charge is 0.243 e. The van der Waals surface area contributed by atoms with Crippen LogP contribution in [0.25, 0.3) is 0 Å². The normalized spacial score (nSPS) is 12.8. The molecule has 2 atom stereocenters. The molecule has 2 aromatic carbocycles. The van der Waals surface area contributed by atoms with Gasteiger partial charge in [-0.15, -0.1) is 0 Å². The van der Waals surface area contributed by atoms with Crippen molar-refractivity contribution in [1.29, 1.82) is 0 Å². The quantitative estimate of drug-likeness (QED) is 0.586. The molecule has 0 fully saturated rings. The van der Waals surface area contributed by atoms with Gasteiger partial charge in [0.05, 0.1) is 25.4 Å². The van der Waals surface area contributed by atoms with Crippen molar-refractivity contribution in [2.45, 2.75) is 25.9 Å². The lowest BCUT2D eigenvalue weighted by Gasteiger charge is -2.21. The number of hydrogen-bond donors (Lipinski definition) is 3. The number of amides is 2. The molecular weight excluding hydrogens is 387 g/mol. The van der Waals surface area contributed by atoms with Gasteiger partial charge in [0.1, 0.15) is 5.75 Å². The van der Waals surface area contributed by atoms with Crippen LogP contribution >= 0.6 is 0 Å². The maximum Gasteiger partial charge on any atom is 0.243 e. The molecule has 0 aromatic heterocycles. The van der Waals surface area contributed by atoms with E-state index >= 15 is 0 Å². The van der Waals surface area contributed by atoms with Crippen molar-refractivity contribution >= 4 is 17.5 Å². The fourth-order valence-corrected chi connectivity index (χ4v) is 2.70. The molecular formula is C20H22F3N3O3. The number of ether oxygens (including phenoxy) is 1. The molecule has 2 rings (SSSR count). The zero-order chi connectivity index (χ0) is 21.6. The van der Waals surface area contributed by atoms with Crippen LogP contribution < -0.4 is 20.7 Å². The van der Waals surface area contributed by atoms with Gasteiger partial charge in [-0.3, -0.25) is 14.9 Å². The number of benzene rings is 2. The zero-order valence-corrected chi connectivity index (χ0v) is 16.2. The van der Waals surface area contributed by atoms with Gasteiger partial charge in [-0.05, 0) is 32.0 Å². The van der Waals surface area contributed by atoms with Crippen molar-refractivity contribution in [3.8, 4) is 5.75 Å². The average Bonchev–Trinajstić information content (AvgIpc) is 2.72. The highest BCUT2D eigenvalue weighted by Gasteiger charge is 2.20. The summed E-state index contributed by atoms with van der Waals surface area (Å²) in [5, 5.41) is 7.57. The Labute approximate surface area is 166 Å². The lowest BCUT2D eigenvalue weighted by atomic mass is 10.1. The summed E-state index contributed by atoms with van der Waals surface area (Å²) in [4.78, 5) is 24.1. The number of carbonyl (C=O) groups excluding carboxylic acids is 2. The van der Waals surface area contributed by atoms with Crippen molar-refractivity contribution in [1.82, 2.24) is 10.6 Å². The molecule has 6 nitrogen and oxygen atoms in total. The van der Waals surface area contributed by atoms with Gasteiger partial charge < -0.3 is 15.4 Å². The van der Waals surface area contributed by atoms with E-state index in [-0.39, 0.29) is 6.04 Å². The molecule has 0 saturated heterocycles. The Morgan fingerprint density at radius 1 is 1.03 bits per heavy atom. The summed E-state index contributed by atoms with van der Waals surface area (Å²) < 4.78 is 45.0. The molecule has 0 heterocycles. The molecule has 0 spiro atoms. The van der Waals surface area contributed by atoms with E-state index in [2.05, 4.69) is 16.0 Å². The predicted molar refractivity (Wildman–Crippen MR) is 102 cm³/mol. The standard InChI is InChI=1S/C20H22F3N3O3/c1-11(13-6-4-5-7-16(13)29-3)25-12(2)20(28)24-10-17(27)26-15-9-8-14(21)18(22)19(15)23/h4-9,11-12,25H,10H2,1-3H3,(H,24,28)(H,26,27)/t11-,12-/m0/s1. The molecule has 0 saturated carbocycles. The average molecular weight is 409 g/mol. The topological polar surface area (TPSA) is 79.5 Å². The Balaban J connectivity index is 1.88. The van der Waals surface area contributed by atoms with Gasteiger partial charge >= 0.3 is 0 Å². The monoisotopic (exact) mass is 409 g/mol.